The Kier molecular flexibility index (Phi) is 7.86. The third kappa shape index (κ3) is 6.81. The van der Waals surface area contributed by atoms with Crippen LogP contribution in [-0.2, 0) is 9.53 Å². The van der Waals surface area contributed by atoms with E-state index in [9.17, 15) is 9.59 Å². The van der Waals surface area contributed by atoms with Gasteiger partial charge in [-0.3, -0.25) is 9.89 Å². The van der Waals surface area contributed by atoms with Gasteiger partial charge in [0.15, 0.2) is 12.4 Å². The molecule has 1 aliphatic rings. The van der Waals surface area contributed by atoms with Gasteiger partial charge in [0.1, 0.15) is 11.6 Å². The number of nitrogens with one attached hydrogen (secondary N) is 3. The molecule has 39 heavy (non-hydrogen) atoms. The van der Waals surface area contributed by atoms with Crippen LogP contribution in [0.3, 0.4) is 0 Å². The summed E-state index contributed by atoms with van der Waals surface area (Å²) in [4.78, 5) is 35.3. The summed E-state index contributed by atoms with van der Waals surface area (Å²) in [6, 6.07) is 14.8. The number of aromatic amines is 1. The molecule has 0 bridgehead atoms. The first-order valence-corrected chi connectivity index (χ1v) is 12.9. The highest BCUT2D eigenvalue weighted by Crippen LogP contribution is 2.24. The third-order valence-electron chi connectivity index (χ3n) is 6.18. The highest BCUT2D eigenvalue weighted by Gasteiger charge is 2.28. The zero-order valence-corrected chi connectivity index (χ0v) is 21.9. The molecule has 3 heterocycles. The van der Waals surface area contributed by atoms with E-state index < -0.39 is 0 Å². The van der Waals surface area contributed by atoms with Gasteiger partial charge in [0.05, 0.1) is 18.3 Å². The van der Waals surface area contributed by atoms with E-state index in [-0.39, 0.29) is 30.6 Å². The summed E-state index contributed by atoms with van der Waals surface area (Å²) in [5, 5.41) is 14.2. The smallest absolute Gasteiger partial charge is 0.409 e. The number of anilines is 2. The Morgan fingerprint density at radius 2 is 2.08 bits per heavy atom. The van der Waals surface area contributed by atoms with Crippen molar-refractivity contribution >= 4 is 34.4 Å². The van der Waals surface area contributed by atoms with Crippen molar-refractivity contribution in [1.29, 1.82) is 0 Å². The van der Waals surface area contributed by atoms with Crippen molar-refractivity contribution in [3.05, 3.63) is 60.9 Å². The first-order chi connectivity index (χ1) is 18.9. The molecule has 0 spiro atoms. The molecule has 5 rings (SSSR count). The minimum atomic E-state index is -0.339. The van der Waals surface area contributed by atoms with Crippen molar-refractivity contribution in [1.82, 2.24) is 30.4 Å². The average Bonchev–Trinajstić information content (AvgIpc) is 3.60. The molecule has 1 atom stereocenters. The molecule has 202 valence electrons. The fourth-order valence-corrected chi connectivity index (χ4v) is 4.25. The molecule has 3 N–H and O–H groups in total. The first-order valence-electron chi connectivity index (χ1n) is 12.9. The lowest BCUT2D eigenvalue weighted by molar-refractivity contribution is -0.123. The molecule has 11 heteroatoms. The maximum atomic E-state index is 12.5. The van der Waals surface area contributed by atoms with Gasteiger partial charge in [0.25, 0.3) is 5.91 Å². The Hall–Kier alpha value is -4.67. The number of benzene rings is 2. The highest BCUT2D eigenvalue weighted by molar-refractivity contribution is 5.82. The van der Waals surface area contributed by atoms with Gasteiger partial charge >= 0.3 is 6.09 Å². The first kappa shape index (κ1) is 26.0. The Bertz CT molecular complexity index is 1450. The van der Waals surface area contributed by atoms with E-state index in [1.165, 1.54) is 0 Å². The summed E-state index contributed by atoms with van der Waals surface area (Å²) in [5.74, 6) is 1.72. The molecule has 0 saturated carbocycles. The van der Waals surface area contributed by atoms with Crippen molar-refractivity contribution in [3.63, 3.8) is 0 Å². The van der Waals surface area contributed by atoms with E-state index in [0.717, 1.165) is 22.2 Å². The average molecular weight is 530 g/mol. The van der Waals surface area contributed by atoms with Crippen LogP contribution < -0.4 is 15.4 Å². The number of hydrogen-bond acceptors (Lipinski definition) is 8. The van der Waals surface area contributed by atoms with Gasteiger partial charge in [-0.15, -0.1) is 0 Å². The lowest BCUT2D eigenvalue weighted by Crippen LogP contribution is -2.40. The van der Waals surface area contributed by atoms with Crippen molar-refractivity contribution in [3.8, 4) is 17.1 Å². The molecule has 1 fully saturated rings. The molecular weight excluding hydrogens is 498 g/mol. The van der Waals surface area contributed by atoms with Gasteiger partial charge in [0.2, 0.25) is 0 Å². The topological polar surface area (TPSA) is 134 Å². The number of likely N-dealkylation sites (tertiary alicyclic amines) is 1. The van der Waals surface area contributed by atoms with Crippen LogP contribution in [0.4, 0.5) is 16.3 Å². The number of aromatic nitrogens is 4. The predicted molar refractivity (Wildman–Crippen MR) is 147 cm³/mol. The second kappa shape index (κ2) is 11.8. The van der Waals surface area contributed by atoms with Crippen molar-refractivity contribution in [2.75, 3.05) is 31.6 Å². The van der Waals surface area contributed by atoms with Gasteiger partial charge < -0.3 is 25.0 Å². The van der Waals surface area contributed by atoms with Crippen LogP contribution in [0.5, 0.6) is 5.75 Å². The molecule has 1 saturated heterocycles. The number of H-pyrrole nitrogens is 1. The lowest BCUT2D eigenvalue weighted by Gasteiger charge is -2.18. The summed E-state index contributed by atoms with van der Waals surface area (Å²) in [7, 11) is 0. The van der Waals surface area contributed by atoms with Crippen LogP contribution >= 0.6 is 0 Å². The summed E-state index contributed by atoms with van der Waals surface area (Å²) in [5.41, 5.74) is 2.60. The lowest BCUT2D eigenvalue weighted by atomic mass is 10.2. The van der Waals surface area contributed by atoms with E-state index in [1.54, 1.807) is 35.5 Å². The second-order valence-corrected chi connectivity index (χ2v) is 9.85. The molecule has 1 aliphatic heterocycles. The fraction of sp³-hybridized carbons (Fsp3) is 0.321. The van der Waals surface area contributed by atoms with Crippen LogP contribution in [0.1, 0.15) is 20.3 Å². The van der Waals surface area contributed by atoms with Gasteiger partial charge in [-0.25, -0.2) is 14.8 Å². The zero-order valence-electron chi connectivity index (χ0n) is 21.9. The number of rotatable bonds is 9. The Balaban J connectivity index is 1.14. The maximum Gasteiger partial charge on any atom is 0.409 e. The number of carbonyl (C=O) groups excluding carboxylic acids is 2. The summed E-state index contributed by atoms with van der Waals surface area (Å²) >= 11 is 0. The number of fused-ring (bicyclic) bond motifs is 1. The molecule has 11 nitrogen and oxygen atoms in total. The predicted octanol–water partition coefficient (Wildman–Crippen LogP) is 4.13. The number of hydrogen-bond donors (Lipinski definition) is 3. The molecular formula is C28H31N7O4. The Labute approximate surface area is 225 Å². The highest BCUT2D eigenvalue weighted by atomic mass is 16.6. The second-order valence-electron chi connectivity index (χ2n) is 9.85. The fourth-order valence-electron chi connectivity index (χ4n) is 4.25. The number of ether oxygens (including phenoxy) is 2. The van der Waals surface area contributed by atoms with E-state index in [4.69, 9.17) is 9.47 Å². The minimum Gasteiger partial charge on any atom is -0.484 e. The van der Waals surface area contributed by atoms with E-state index in [1.807, 2.05) is 44.2 Å². The van der Waals surface area contributed by atoms with Crippen LogP contribution in [0.15, 0.2) is 60.9 Å². The van der Waals surface area contributed by atoms with Gasteiger partial charge in [-0.1, -0.05) is 26.0 Å². The van der Waals surface area contributed by atoms with Crippen LogP contribution in [0, 0.1) is 5.92 Å². The molecule has 0 aliphatic carbocycles. The van der Waals surface area contributed by atoms with Crippen LogP contribution in [-0.4, -0.2) is 69.4 Å². The van der Waals surface area contributed by atoms with Crippen LogP contribution in [0.25, 0.3) is 22.3 Å². The maximum absolute atomic E-state index is 12.5. The monoisotopic (exact) mass is 529 g/mol. The third-order valence-corrected chi connectivity index (χ3v) is 6.18. The van der Waals surface area contributed by atoms with Gasteiger partial charge in [0, 0.05) is 42.0 Å². The summed E-state index contributed by atoms with van der Waals surface area (Å²) in [6.07, 6.45) is 3.79. The normalized spacial score (nSPS) is 14.9. The largest absolute Gasteiger partial charge is 0.484 e. The molecule has 4 aromatic rings. The van der Waals surface area contributed by atoms with Crippen molar-refractivity contribution in [2.45, 2.75) is 26.3 Å². The molecule has 0 radical (unpaired) electrons. The number of nitrogens with zero attached hydrogens (tertiary/aromatic N) is 4. The standard InChI is InChI=1S/C28H31N7O4/c1-18(2)16-39-28(37)35-11-9-22(15-35)32-26(36)17-38-23-5-3-4-19(13-23)27-29-10-8-25(33-27)31-21-6-7-24-20(12-21)14-30-34-24/h3-8,10,12-14,18,22H,9,11,15-17H2,1-2H3,(H,30,34)(H,32,36)(H,29,31,33). The quantitative estimate of drug-likeness (QED) is 0.295. The SMILES string of the molecule is CC(C)COC(=O)N1CCC(NC(=O)COc2cccc(-c3nccc(Nc4ccc5[nH]ncc5c4)n3)c2)C1. The Morgan fingerprint density at radius 3 is 2.95 bits per heavy atom. The van der Waals surface area contributed by atoms with Gasteiger partial charge in [-0.05, 0) is 48.7 Å². The summed E-state index contributed by atoms with van der Waals surface area (Å²) < 4.78 is 11.0. The van der Waals surface area contributed by atoms with Gasteiger partial charge in [-0.2, -0.15) is 5.10 Å². The summed E-state index contributed by atoms with van der Waals surface area (Å²) in [6.45, 7) is 5.20. The Morgan fingerprint density at radius 1 is 1.18 bits per heavy atom. The zero-order chi connectivity index (χ0) is 27.2. The van der Waals surface area contributed by atoms with E-state index >= 15 is 0 Å². The molecule has 2 aromatic heterocycles. The van der Waals surface area contributed by atoms with E-state index in [0.29, 0.717) is 43.5 Å². The van der Waals surface area contributed by atoms with Crippen molar-refractivity contribution < 1.29 is 19.1 Å². The molecule has 1 unspecified atom stereocenters. The van der Waals surface area contributed by atoms with Crippen molar-refractivity contribution in [2.24, 2.45) is 5.92 Å². The molecule has 2 aromatic carbocycles. The number of amides is 2. The number of carbonyl (C=O) groups is 2. The minimum absolute atomic E-state index is 0.128. The molecule has 2 amide bonds. The van der Waals surface area contributed by atoms with E-state index in [2.05, 4.69) is 30.8 Å². The van der Waals surface area contributed by atoms with Crippen LogP contribution in [0.2, 0.25) is 0 Å².